The van der Waals surface area contributed by atoms with Crippen LogP contribution in [-0.4, -0.2) is 57.7 Å². The molecule has 4 heterocycles. The first-order chi connectivity index (χ1) is 16.0. The Bertz CT molecular complexity index is 1210. The van der Waals surface area contributed by atoms with Crippen LogP contribution in [0.2, 0.25) is 0 Å². The van der Waals surface area contributed by atoms with E-state index in [1.165, 1.54) is 0 Å². The van der Waals surface area contributed by atoms with Gasteiger partial charge in [-0.05, 0) is 42.0 Å². The minimum absolute atomic E-state index is 0.157. The molecule has 2 fully saturated rings. The van der Waals surface area contributed by atoms with Gasteiger partial charge in [-0.15, -0.1) is 0 Å². The van der Waals surface area contributed by atoms with Crippen molar-refractivity contribution in [2.45, 2.75) is 49.6 Å². The SMILES string of the molecule is N#C[C@@H]1C[C@@]2(CN1C(=O)[C@H](CC1CC1)N1CCc3cc[nH]c3C1=O)C(=O)Nc1ccccc12. The number of hydrogen-bond acceptors (Lipinski definition) is 4. The van der Waals surface area contributed by atoms with Crippen molar-refractivity contribution in [3.05, 3.63) is 53.3 Å². The Labute approximate surface area is 191 Å². The van der Waals surface area contributed by atoms with E-state index in [2.05, 4.69) is 16.4 Å². The van der Waals surface area contributed by atoms with Crippen molar-refractivity contribution in [3.63, 3.8) is 0 Å². The van der Waals surface area contributed by atoms with Crippen LogP contribution in [0, 0.1) is 17.2 Å². The van der Waals surface area contributed by atoms with Gasteiger partial charge in [0.15, 0.2) is 0 Å². The van der Waals surface area contributed by atoms with Gasteiger partial charge in [0, 0.05) is 31.4 Å². The fraction of sp³-hybridized carbons (Fsp3) is 0.440. The number of hydrogen-bond donors (Lipinski definition) is 2. The second-order valence-corrected chi connectivity index (χ2v) is 9.72. The first kappa shape index (κ1) is 20.0. The van der Waals surface area contributed by atoms with Crippen LogP contribution >= 0.6 is 0 Å². The quantitative estimate of drug-likeness (QED) is 0.755. The number of nitrogens with zero attached hydrogens (tertiary/aromatic N) is 3. The second-order valence-electron chi connectivity index (χ2n) is 9.72. The van der Waals surface area contributed by atoms with Crippen molar-refractivity contribution >= 4 is 23.4 Å². The zero-order valence-corrected chi connectivity index (χ0v) is 18.2. The second kappa shape index (κ2) is 7.20. The van der Waals surface area contributed by atoms with Crippen molar-refractivity contribution in [2.75, 3.05) is 18.4 Å². The lowest BCUT2D eigenvalue weighted by Gasteiger charge is -2.36. The van der Waals surface area contributed by atoms with Crippen LogP contribution in [-0.2, 0) is 21.4 Å². The van der Waals surface area contributed by atoms with Crippen molar-refractivity contribution < 1.29 is 14.4 Å². The average Bonchev–Trinajstić information content (AvgIpc) is 3.26. The lowest BCUT2D eigenvalue weighted by atomic mass is 9.80. The Morgan fingerprint density at radius 1 is 1.24 bits per heavy atom. The molecule has 3 aliphatic heterocycles. The van der Waals surface area contributed by atoms with Crippen LogP contribution < -0.4 is 5.32 Å². The van der Waals surface area contributed by atoms with Gasteiger partial charge in [-0.25, -0.2) is 0 Å². The van der Waals surface area contributed by atoms with E-state index in [-0.39, 0.29) is 30.7 Å². The first-order valence-corrected chi connectivity index (χ1v) is 11.6. The number of nitrogens with one attached hydrogen (secondary N) is 2. The molecule has 1 saturated carbocycles. The number of para-hydroxylation sites is 1. The highest BCUT2D eigenvalue weighted by Gasteiger charge is 2.57. The third-order valence-electron chi connectivity index (χ3n) is 7.76. The highest BCUT2D eigenvalue weighted by Crippen LogP contribution is 2.47. The molecule has 3 atom stereocenters. The van der Waals surface area contributed by atoms with Crippen LogP contribution in [0.15, 0.2) is 36.5 Å². The molecule has 2 aromatic rings. The third-order valence-corrected chi connectivity index (χ3v) is 7.76. The molecule has 6 rings (SSSR count). The molecule has 0 unspecified atom stereocenters. The van der Waals surface area contributed by atoms with Crippen LogP contribution in [0.25, 0.3) is 0 Å². The van der Waals surface area contributed by atoms with E-state index in [9.17, 15) is 19.6 Å². The van der Waals surface area contributed by atoms with Crippen LogP contribution in [0.3, 0.4) is 0 Å². The summed E-state index contributed by atoms with van der Waals surface area (Å²) in [5, 5.41) is 12.9. The maximum atomic E-state index is 14.0. The summed E-state index contributed by atoms with van der Waals surface area (Å²) in [6.07, 6.45) is 5.44. The zero-order chi connectivity index (χ0) is 22.7. The number of aromatic amines is 1. The molecule has 0 radical (unpaired) electrons. The molecule has 1 saturated heterocycles. The van der Waals surface area contributed by atoms with Gasteiger partial charge in [0.05, 0.1) is 11.5 Å². The molecule has 0 bridgehead atoms. The summed E-state index contributed by atoms with van der Waals surface area (Å²) < 4.78 is 0. The molecule has 8 nitrogen and oxygen atoms in total. The first-order valence-electron chi connectivity index (χ1n) is 11.6. The predicted octanol–water partition coefficient (Wildman–Crippen LogP) is 2.20. The summed E-state index contributed by atoms with van der Waals surface area (Å²) in [6.45, 7) is 0.635. The van der Waals surface area contributed by atoms with Gasteiger partial charge >= 0.3 is 0 Å². The van der Waals surface area contributed by atoms with Gasteiger partial charge in [0.2, 0.25) is 11.8 Å². The van der Waals surface area contributed by atoms with E-state index in [0.717, 1.165) is 29.7 Å². The lowest BCUT2D eigenvalue weighted by molar-refractivity contribution is -0.137. The van der Waals surface area contributed by atoms with Crippen LogP contribution in [0.1, 0.15) is 47.3 Å². The fourth-order valence-corrected chi connectivity index (χ4v) is 5.80. The van der Waals surface area contributed by atoms with Gasteiger partial charge in [-0.1, -0.05) is 31.0 Å². The van der Waals surface area contributed by atoms with Crippen molar-refractivity contribution in [1.29, 1.82) is 5.26 Å². The molecule has 3 amide bonds. The largest absolute Gasteiger partial charge is 0.357 e. The van der Waals surface area contributed by atoms with Crippen LogP contribution in [0.4, 0.5) is 5.69 Å². The number of carbonyl (C=O) groups excluding carboxylic acids is 3. The zero-order valence-electron chi connectivity index (χ0n) is 18.2. The highest BCUT2D eigenvalue weighted by atomic mass is 16.2. The van der Waals surface area contributed by atoms with Gasteiger partial charge in [-0.3, -0.25) is 14.4 Å². The van der Waals surface area contributed by atoms with E-state index < -0.39 is 17.5 Å². The number of rotatable bonds is 4. The maximum Gasteiger partial charge on any atom is 0.271 e. The number of likely N-dealkylation sites (tertiary alicyclic amines) is 1. The number of aromatic nitrogens is 1. The number of amides is 3. The van der Waals surface area contributed by atoms with Crippen molar-refractivity contribution in [3.8, 4) is 6.07 Å². The molecule has 2 N–H and O–H groups in total. The minimum atomic E-state index is -0.921. The van der Waals surface area contributed by atoms with Crippen molar-refractivity contribution in [1.82, 2.24) is 14.8 Å². The molecule has 1 aliphatic carbocycles. The monoisotopic (exact) mass is 443 g/mol. The molecular weight excluding hydrogens is 418 g/mol. The number of H-pyrrole nitrogens is 1. The molecular formula is C25H25N5O3. The predicted molar refractivity (Wildman–Crippen MR) is 119 cm³/mol. The summed E-state index contributed by atoms with van der Waals surface area (Å²) in [5.74, 6) is -0.120. The number of carbonyl (C=O) groups is 3. The van der Waals surface area contributed by atoms with E-state index in [1.54, 1.807) is 16.0 Å². The number of benzene rings is 1. The maximum absolute atomic E-state index is 14.0. The Balaban J connectivity index is 1.33. The molecule has 1 aromatic heterocycles. The highest BCUT2D eigenvalue weighted by molar-refractivity contribution is 6.07. The minimum Gasteiger partial charge on any atom is -0.357 e. The summed E-state index contributed by atoms with van der Waals surface area (Å²) in [6, 6.07) is 10.3. The average molecular weight is 444 g/mol. The fourth-order valence-electron chi connectivity index (χ4n) is 5.80. The topological polar surface area (TPSA) is 109 Å². The summed E-state index contributed by atoms with van der Waals surface area (Å²) in [7, 11) is 0. The number of anilines is 1. The van der Waals surface area contributed by atoms with Crippen molar-refractivity contribution in [2.24, 2.45) is 5.92 Å². The molecule has 1 aromatic carbocycles. The van der Waals surface area contributed by atoms with Gasteiger partial charge in [0.1, 0.15) is 17.8 Å². The Kier molecular flexibility index (Phi) is 4.37. The van der Waals surface area contributed by atoms with Gasteiger partial charge in [0.25, 0.3) is 5.91 Å². The Hall–Kier alpha value is -3.60. The Morgan fingerprint density at radius 3 is 2.85 bits per heavy atom. The molecule has 4 aliphatic rings. The summed E-state index contributed by atoms with van der Waals surface area (Å²) in [5.41, 5.74) is 2.19. The molecule has 8 heteroatoms. The number of nitriles is 1. The molecule has 33 heavy (non-hydrogen) atoms. The van der Waals surface area contributed by atoms with Gasteiger partial charge in [-0.2, -0.15) is 5.26 Å². The number of fused-ring (bicyclic) bond motifs is 3. The van der Waals surface area contributed by atoms with E-state index >= 15 is 0 Å². The molecule has 1 spiro atoms. The lowest BCUT2D eigenvalue weighted by Crippen LogP contribution is -2.54. The standard InChI is InChI=1S/C25H25N5O3/c26-13-17-12-25(18-3-1-2-4-19(18)28-24(25)33)14-30(17)22(31)20(11-15-5-6-15)29-10-8-16-7-9-27-21(16)23(29)32/h1-4,7,9,15,17,20,27H,5-6,8,10-12,14H2,(H,28,33)/t17-,20-,25-/m0/s1. The van der Waals surface area contributed by atoms with E-state index in [0.29, 0.717) is 31.0 Å². The normalized spacial score (nSPS) is 26.7. The molecule has 168 valence electrons. The third kappa shape index (κ3) is 2.99. The van der Waals surface area contributed by atoms with E-state index in [4.69, 9.17) is 0 Å². The Morgan fingerprint density at radius 2 is 2.06 bits per heavy atom. The summed E-state index contributed by atoms with van der Waals surface area (Å²) in [4.78, 5) is 46.6. The van der Waals surface area contributed by atoms with E-state index in [1.807, 2.05) is 30.3 Å². The van der Waals surface area contributed by atoms with Gasteiger partial charge < -0.3 is 20.1 Å². The summed E-state index contributed by atoms with van der Waals surface area (Å²) >= 11 is 0. The van der Waals surface area contributed by atoms with Crippen LogP contribution in [0.5, 0.6) is 0 Å². The smallest absolute Gasteiger partial charge is 0.271 e.